The quantitative estimate of drug-likeness (QED) is 0.160. The average Bonchev–Trinajstić information content (AvgIpc) is 3.31. The maximum absolute atomic E-state index is 12.4. The van der Waals surface area contributed by atoms with Crippen molar-refractivity contribution in [1.82, 2.24) is 5.43 Å². The number of carbonyl (C=O) groups excluding carboxylic acids is 1. The molecule has 3 aromatic carbocycles. The lowest BCUT2D eigenvalue weighted by Crippen LogP contribution is -2.16. The fourth-order valence-corrected chi connectivity index (χ4v) is 3.92. The molecule has 13 heteroatoms. The van der Waals surface area contributed by atoms with Gasteiger partial charge in [-0.2, -0.15) is 5.10 Å². The first kappa shape index (κ1) is 25.3. The Hall–Kier alpha value is -4.78. The molecule has 188 valence electrons. The van der Waals surface area contributed by atoms with Gasteiger partial charge >= 0.3 is 5.91 Å². The van der Waals surface area contributed by atoms with Gasteiger partial charge in [0.2, 0.25) is 0 Å². The SMILES string of the molecule is COc1cc(/C=N/NC(=O)c2cc3cc([N+](=O)[O-])ccc3o2)cc(Br)c1OCc1cccc([N+](=O)[O-])c1. The third-order valence-corrected chi connectivity index (χ3v) is 5.66. The first-order valence-corrected chi connectivity index (χ1v) is 11.3. The molecular weight excluding hydrogens is 552 g/mol. The van der Waals surface area contributed by atoms with Gasteiger partial charge in [0.1, 0.15) is 12.2 Å². The van der Waals surface area contributed by atoms with Crippen molar-refractivity contribution in [3.63, 3.8) is 0 Å². The zero-order valence-corrected chi connectivity index (χ0v) is 20.6. The van der Waals surface area contributed by atoms with Gasteiger partial charge in [-0.15, -0.1) is 0 Å². The minimum atomic E-state index is -0.641. The molecule has 1 amide bonds. The van der Waals surface area contributed by atoms with E-state index in [1.807, 2.05) is 0 Å². The highest BCUT2D eigenvalue weighted by molar-refractivity contribution is 9.10. The molecule has 4 aromatic rings. The summed E-state index contributed by atoms with van der Waals surface area (Å²) < 4.78 is 17.2. The van der Waals surface area contributed by atoms with Crippen LogP contribution in [0.15, 0.2) is 74.7 Å². The number of amides is 1. The molecule has 1 aromatic heterocycles. The number of hydrazone groups is 1. The molecule has 0 aliphatic carbocycles. The molecule has 0 unspecified atom stereocenters. The number of halogens is 1. The van der Waals surface area contributed by atoms with Crippen molar-refractivity contribution in [1.29, 1.82) is 0 Å². The van der Waals surface area contributed by atoms with Crippen molar-refractivity contribution >= 4 is 50.4 Å². The smallest absolute Gasteiger partial charge is 0.307 e. The van der Waals surface area contributed by atoms with Gasteiger partial charge in [-0.3, -0.25) is 25.0 Å². The number of fused-ring (bicyclic) bond motifs is 1. The third kappa shape index (κ3) is 5.90. The molecule has 0 aliphatic rings. The van der Waals surface area contributed by atoms with Crippen molar-refractivity contribution in [2.45, 2.75) is 6.61 Å². The number of non-ortho nitro benzene ring substituents is 2. The maximum Gasteiger partial charge on any atom is 0.307 e. The molecule has 0 fully saturated rings. The fourth-order valence-electron chi connectivity index (χ4n) is 3.35. The molecule has 0 atom stereocenters. The van der Waals surface area contributed by atoms with Gasteiger partial charge in [-0.25, -0.2) is 5.43 Å². The molecule has 0 aliphatic heterocycles. The Morgan fingerprint density at radius 2 is 1.84 bits per heavy atom. The van der Waals surface area contributed by atoms with Crippen molar-refractivity contribution in [2.24, 2.45) is 5.10 Å². The summed E-state index contributed by atoms with van der Waals surface area (Å²) in [5.41, 5.74) is 3.68. The predicted molar refractivity (Wildman–Crippen MR) is 136 cm³/mol. The van der Waals surface area contributed by atoms with Gasteiger partial charge in [0, 0.05) is 29.7 Å². The fraction of sp³-hybridized carbons (Fsp3) is 0.0833. The number of methoxy groups -OCH3 is 1. The van der Waals surface area contributed by atoms with Crippen LogP contribution in [0, 0.1) is 20.2 Å². The van der Waals surface area contributed by atoms with Gasteiger partial charge in [0.15, 0.2) is 17.3 Å². The lowest BCUT2D eigenvalue weighted by molar-refractivity contribution is -0.385. The average molecular weight is 569 g/mol. The minimum Gasteiger partial charge on any atom is -0.493 e. The number of carbonyl (C=O) groups is 1. The summed E-state index contributed by atoms with van der Waals surface area (Å²) in [6.07, 6.45) is 1.38. The lowest BCUT2D eigenvalue weighted by atomic mass is 10.2. The topological polar surface area (TPSA) is 159 Å². The van der Waals surface area contributed by atoms with E-state index in [0.717, 1.165) is 0 Å². The second-order valence-electron chi connectivity index (χ2n) is 7.54. The number of ether oxygens (including phenoxy) is 2. The molecule has 1 heterocycles. The van der Waals surface area contributed by atoms with Crippen molar-refractivity contribution in [2.75, 3.05) is 7.11 Å². The molecule has 12 nitrogen and oxygen atoms in total. The normalized spacial score (nSPS) is 11.0. The molecule has 0 spiro atoms. The van der Waals surface area contributed by atoms with E-state index in [-0.39, 0.29) is 23.7 Å². The molecular formula is C24H17BrN4O8. The number of hydrogen-bond donors (Lipinski definition) is 1. The van der Waals surface area contributed by atoms with E-state index in [4.69, 9.17) is 13.9 Å². The van der Waals surface area contributed by atoms with E-state index in [0.29, 0.717) is 38.1 Å². The zero-order valence-electron chi connectivity index (χ0n) is 19.0. The molecule has 4 rings (SSSR count). The van der Waals surface area contributed by atoms with Crippen molar-refractivity contribution < 1.29 is 28.5 Å². The van der Waals surface area contributed by atoms with Crippen LogP contribution < -0.4 is 14.9 Å². The Morgan fingerprint density at radius 1 is 1.08 bits per heavy atom. The Labute approximate surface area is 216 Å². The van der Waals surface area contributed by atoms with Crippen LogP contribution in [0.3, 0.4) is 0 Å². The lowest BCUT2D eigenvalue weighted by Gasteiger charge is -2.13. The first-order chi connectivity index (χ1) is 17.7. The standard InChI is InChI=1S/C24H17BrN4O8/c1-35-21-9-15(8-19(25)23(21)36-13-14-3-2-4-17(7-14)28(31)32)12-26-27-24(30)22-11-16-10-18(29(33)34)5-6-20(16)37-22/h2-12H,13H2,1H3,(H,27,30)/b26-12+. The van der Waals surface area contributed by atoms with Crippen LogP contribution in [-0.4, -0.2) is 29.1 Å². The molecule has 1 N–H and O–H groups in total. The number of hydrogen-bond acceptors (Lipinski definition) is 9. The number of nitro benzene ring substituents is 2. The van der Waals surface area contributed by atoms with Crippen LogP contribution in [0.2, 0.25) is 0 Å². The van der Waals surface area contributed by atoms with Crippen LogP contribution in [0.4, 0.5) is 11.4 Å². The number of nitro groups is 2. The summed E-state index contributed by atoms with van der Waals surface area (Å²) in [7, 11) is 1.45. The summed E-state index contributed by atoms with van der Waals surface area (Å²) in [5, 5.41) is 26.2. The first-order valence-electron chi connectivity index (χ1n) is 10.5. The van der Waals surface area contributed by atoms with E-state index in [2.05, 4.69) is 26.5 Å². The number of furan rings is 1. The van der Waals surface area contributed by atoms with E-state index >= 15 is 0 Å². The zero-order chi connectivity index (χ0) is 26.5. The Kier molecular flexibility index (Phi) is 7.44. The van der Waals surface area contributed by atoms with E-state index in [1.165, 1.54) is 49.7 Å². The Morgan fingerprint density at radius 3 is 2.57 bits per heavy atom. The van der Waals surface area contributed by atoms with Crippen LogP contribution in [-0.2, 0) is 6.61 Å². The van der Waals surface area contributed by atoms with Gasteiger partial charge in [-0.05, 0) is 51.3 Å². The summed E-state index contributed by atoms with van der Waals surface area (Å²) in [6, 6.07) is 14.8. The monoisotopic (exact) mass is 568 g/mol. The summed E-state index contributed by atoms with van der Waals surface area (Å²) in [6.45, 7) is 0.0702. The van der Waals surface area contributed by atoms with Crippen LogP contribution in [0.5, 0.6) is 11.5 Å². The number of nitrogens with one attached hydrogen (secondary N) is 1. The third-order valence-electron chi connectivity index (χ3n) is 5.07. The highest BCUT2D eigenvalue weighted by Crippen LogP contribution is 2.37. The van der Waals surface area contributed by atoms with Crippen LogP contribution in [0.1, 0.15) is 21.7 Å². The molecule has 0 saturated carbocycles. The predicted octanol–water partition coefficient (Wildman–Crippen LogP) is 5.36. The van der Waals surface area contributed by atoms with E-state index in [1.54, 1.807) is 24.3 Å². The van der Waals surface area contributed by atoms with Gasteiger partial charge < -0.3 is 13.9 Å². The Balaban J connectivity index is 1.44. The van der Waals surface area contributed by atoms with Crippen molar-refractivity contribution in [3.8, 4) is 11.5 Å². The van der Waals surface area contributed by atoms with Gasteiger partial charge in [-0.1, -0.05) is 12.1 Å². The maximum atomic E-state index is 12.4. The number of nitrogens with zero attached hydrogens (tertiary/aromatic N) is 3. The van der Waals surface area contributed by atoms with Crippen LogP contribution in [0.25, 0.3) is 11.0 Å². The minimum absolute atomic E-state index is 0.0373. The van der Waals surface area contributed by atoms with E-state index in [9.17, 15) is 25.0 Å². The van der Waals surface area contributed by atoms with Gasteiger partial charge in [0.05, 0.1) is 27.6 Å². The number of rotatable bonds is 9. The molecule has 37 heavy (non-hydrogen) atoms. The Bertz CT molecular complexity index is 1550. The molecule has 0 saturated heterocycles. The summed E-state index contributed by atoms with van der Waals surface area (Å²) in [5.74, 6) is 0.0485. The largest absolute Gasteiger partial charge is 0.493 e. The number of benzene rings is 3. The van der Waals surface area contributed by atoms with Crippen molar-refractivity contribution in [3.05, 3.63) is 102 Å². The van der Waals surface area contributed by atoms with Gasteiger partial charge in [0.25, 0.3) is 11.4 Å². The summed E-state index contributed by atoms with van der Waals surface area (Å²) >= 11 is 3.42. The highest BCUT2D eigenvalue weighted by Gasteiger charge is 2.16. The molecule has 0 radical (unpaired) electrons. The second-order valence-corrected chi connectivity index (χ2v) is 8.39. The van der Waals surface area contributed by atoms with E-state index < -0.39 is 15.8 Å². The highest BCUT2D eigenvalue weighted by atomic mass is 79.9. The molecule has 0 bridgehead atoms. The van der Waals surface area contributed by atoms with Crippen LogP contribution >= 0.6 is 15.9 Å². The summed E-state index contributed by atoms with van der Waals surface area (Å²) in [4.78, 5) is 33.3. The second kappa shape index (κ2) is 10.9.